The number of nitrogens with one attached hydrogen (secondary N) is 1. The molecule has 3 aromatic rings. The second kappa shape index (κ2) is 5.77. The van der Waals surface area contributed by atoms with Crippen LogP contribution in [0.1, 0.15) is 56.7 Å². The van der Waals surface area contributed by atoms with Crippen molar-refractivity contribution in [1.29, 1.82) is 0 Å². The maximum atomic E-state index is 5.38. The normalized spacial score (nSPS) is 13.6. The van der Waals surface area contributed by atoms with Gasteiger partial charge < -0.3 is 14.2 Å². The number of aryl methyl sites for hydroxylation is 1. The molecule has 0 aliphatic rings. The lowest BCUT2D eigenvalue weighted by Crippen LogP contribution is -2.20. The summed E-state index contributed by atoms with van der Waals surface area (Å²) in [6.07, 6.45) is 3.94. The molecule has 0 aliphatic heterocycles. The van der Waals surface area contributed by atoms with Gasteiger partial charge in [-0.15, -0.1) is 0 Å². The highest BCUT2D eigenvalue weighted by molar-refractivity contribution is 5.42. The van der Waals surface area contributed by atoms with Crippen molar-refractivity contribution in [3.63, 3.8) is 0 Å². The highest BCUT2D eigenvalue weighted by atomic mass is 16.5. The zero-order valence-corrected chi connectivity index (χ0v) is 14.3. The fourth-order valence-electron chi connectivity index (χ4n) is 2.33. The number of aromatic nitrogens is 4. The minimum atomic E-state index is -0.110. The molecular weight excluding hydrogens is 290 g/mol. The number of nitrogens with zero attached hydrogens (tertiary/aromatic N) is 4. The zero-order valence-electron chi connectivity index (χ0n) is 14.3. The summed E-state index contributed by atoms with van der Waals surface area (Å²) >= 11 is 0. The Morgan fingerprint density at radius 2 is 2.13 bits per heavy atom. The van der Waals surface area contributed by atoms with Gasteiger partial charge in [-0.3, -0.25) is 0 Å². The smallest absolute Gasteiger partial charge is 0.243 e. The van der Waals surface area contributed by atoms with Crippen molar-refractivity contribution in [2.24, 2.45) is 0 Å². The summed E-state index contributed by atoms with van der Waals surface area (Å²) < 4.78 is 7.46. The molecule has 1 atom stereocenters. The van der Waals surface area contributed by atoms with E-state index in [0.29, 0.717) is 12.4 Å². The number of pyridine rings is 1. The summed E-state index contributed by atoms with van der Waals surface area (Å²) in [4.78, 5) is 8.93. The van der Waals surface area contributed by atoms with Gasteiger partial charge in [0.25, 0.3) is 0 Å². The van der Waals surface area contributed by atoms with E-state index >= 15 is 0 Å². The summed E-state index contributed by atoms with van der Waals surface area (Å²) in [6, 6.07) is 4.13. The van der Waals surface area contributed by atoms with Crippen LogP contribution >= 0.6 is 0 Å². The first kappa shape index (κ1) is 15.7. The van der Waals surface area contributed by atoms with Crippen molar-refractivity contribution < 1.29 is 4.52 Å². The molecule has 3 heterocycles. The van der Waals surface area contributed by atoms with Crippen LogP contribution in [0.4, 0.5) is 0 Å². The van der Waals surface area contributed by atoms with E-state index in [1.165, 1.54) is 5.56 Å². The number of rotatable bonds is 4. The first-order valence-electron chi connectivity index (χ1n) is 7.84. The fourth-order valence-corrected chi connectivity index (χ4v) is 2.33. The monoisotopic (exact) mass is 313 g/mol. The molecular formula is C17H23N5O. The summed E-state index contributed by atoms with van der Waals surface area (Å²) in [5, 5.41) is 7.49. The van der Waals surface area contributed by atoms with Crippen molar-refractivity contribution in [2.45, 2.75) is 52.6 Å². The van der Waals surface area contributed by atoms with Gasteiger partial charge >= 0.3 is 0 Å². The van der Waals surface area contributed by atoms with Crippen LogP contribution in [0.3, 0.4) is 0 Å². The number of hydrogen-bond donors (Lipinski definition) is 1. The molecule has 3 aromatic heterocycles. The number of hydrogen-bond acceptors (Lipinski definition) is 5. The van der Waals surface area contributed by atoms with Gasteiger partial charge in [-0.1, -0.05) is 25.9 Å². The van der Waals surface area contributed by atoms with Crippen LogP contribution in [0.5, 0.6) is 0 Å². The van der Waals surface area contributed by atoms with Crippen LogP contribution in [0.2, 0.25) is 0 Å². The van der Waals surface area contributed by atoms with Gasteiger partial charge in [-0.2, -0.15) is 4.98 Å². The van der Waals surface area contributed by atoms with Crippen molar-refractivity contribution >= 4 is 5.65 Å². The number of imidazole rings is 1. The third-order valence-corrected chi connectivity index (χ3v) is 3.82. The molecule has 0 saturated carbocycles. The largest absolute Gasteiger partial charge is 0.338 e. The van der Waals surface area contributed by atoms with E-state index in [4.69, 9.17) is 4.52 Å². The molecule has 1 N–H and O–H groups in total. The molecule has 23 heavy (non-hydrogen) atoms. The molecule has 0 bridgehead atoms. The molecule has 0 aliphatic carbocycles. The minimum absolute atomic E-state index is 0.0189. The third-order valence-electron chi connectivity index (χ3n) is 3.82. The molecule has 0 saturated heterocycles. The van der Waals surface area contributed by atoms with E-state index < -0.39 is 0 Å². The second-order valence-corrected chi connectivity index (χ2v) is 6.99. The molecule has 6 heteroatoms. The first-order valence-corrected chi connectivity index (χ1v) is 7.84. The maximum absolute atomic E-state index is 5.38. The van der Waals surface area contributed by atoms with Gasteiger partial charge in [0.2, 0.25) is 5.89 Å². The van der Waals surface area contributed by atoms with E-state index in [-0.39, 0.29) is 11.5 Å². The van der Waals surface area contributed by atoms with Gasteiger partial charge in [0.1, 0.15) is 5.65 Å². The second-order valence-electron chi connectivity index (χ2n) is 6.99. The lowest BCUT2D eigenvalue weighted by Gasteiger charge is -2.12. The Labute approximate surface area is 135 Å². The van der Waals surface area contributed by atoms with Crippen LogP contribution in [0, 0.1) is 6.92 Å². The van der Waals surface area contributed by atoms with Crippen LogP contribution in [-0.2, 0) is 12.0 Å². The van der Waals surface area contributed by atoms with E-state index in [2.05, 4.69) is 64.7 Å². The van der Waals surface area contributed by atoms with Gasteiger partial charge in [0.15, 0.2) is 5.82 Å². The zero-order chi connectivity index (χ0) is 16.6. The van der Waals surface area contributed by atoms with Gasteiger partial charge in [0, 0.05) is 18.2 Å². The predicted molar refractivity (Wildman–Crippen MR) is 88.2 cm³/mol. The van der Waals surface area contributed by atoms with Crippen molar-refractivity contribution in [3.8, 4) is 0 Å². The lowest BCUT2D eigenvalue weighted by atomic mass is 9.96. The topological polar surface area (TPSA) is 68.2 Å². The quantitative estimate of drug-likeness (QED) is 0.801. The van der Waals surface area contributed by atoms with E-state index in [1.54, 1.807) is 0 Å². The molecule has 0 fully saturated rings. The first-order chi connectivity index (χ1) is 10.8. The summed E-state index contributed by atoms with van der Waals surface area (Å²) in [6.45, 7) is 11.0. The Balaban J connectivity index is 1.70. The van der Waals surface area contributed by atoms with Gasteiger partial charge in [-0.05, 0) is 31.5 Å². The Morgan fingerprint density at radius 3 is 2.83 bits per heavy atom. The standard InChI is InChI=1S/C17H23N5O/c1-11-6-7-22-13(10-19-14(22)8-11)9-18-12(2)15-20-16(21-23-15)17(3,4)5/h6-8,10,12,18H,9H2,1-5H3. The third kappa shape index (κ3) is 3.27. The minimum Gasteiger partial charge on any atom is -0.338 e. The van der Waals surface area contributed by atoms with Crippen LogP contribution in [-0.4, -0.2) is 19.5 Å². The fraction of sp³-hybridized carbons (Fsp3) is 0.471. The van der Waals surface area contributed by atoms with Gasteiger partial charge in [-0.25, -0.2) is 4.98 Å². The molecule has 1 unspecified atom stereocenters. The molecule has 6 nitrogen and oxygen atoms in total. The molecule has 0 spiro atoms. The highest BCUT2D eigenvalue weighted by Crippen LogP contribution is 2.21. The summed E-state index contributed by atoms with van der Waals surface area (Å²) in [5.74, 6) is 1.34. The van der Waals surface area contributed by atoms with E-state index in [0.717, 1.165) is 17.2 Å². The maximum Gasteiger partial charge on any atom is 0.243 e. The SMILES string of the molecule is Cc1ccn2c(CNC(C)c3nc(C(C)(C)C)no3)cnc2c1. The molecule has 3 rings (SSSR count). The average Bonchev–Trinajstić information content (AvgIpc) is 3.11. The highest BCUT2D eigenvalue weighted by Gasteiger charge is 2.23. The Kier molecular flexibility index (Phi) is 3.93. The van der Waals surface area contributed by atoms with Crippen molar-refractivity contribution in [2.75, 3.05) is 0 Å². The van der Waals surface area contributed by atoms with Crippen molar-refractivity contribution in [3.05, 3.63) is 47.5 Å². The molecule has 0 aromatic carbocycles. The number of fused-ring (bicyclic) bond motifs is 1. The molecule has 0 amide bonds. The Morgan fingerprint density at radius 1 is 1.35 bits per heavy atom. The van der Waals surface area contributed by atoms with E-state index in [1.807, 2.05) is 19.3 Å². The van der Waals surface area contributed by atoms with Gasteiger partial charge in [0.05, 0.1) is 17.9 Å². The molecule has 0 radical (unpaired) electrons. The van der Waals surface area contributed by atoms with Crippen LogP contribution in [0.25, 0.3) is 5.65 Å². The molecule has 122 valence electrons. The predicted octanol–water partition coefficient (Wildman–Crippen LogP) is 3.17. The average molecular weight is 313 g/mol. The van der Waals surface area contributed by atoms with Crippen LogP contribution < -0.4 is 5.32 Å². The van der Waals surface area contributed by atoms with Crippen molar-refractivity contribution in [1.82, 2.24) is 24.8 Å². The van der Waals surface area contributed by atoms with E-state index in [9.17, 15) is 0 Å². The summed E-state index contributed by atoms with van der Waals surface area (Å²) in [7, 11) is 0. The van der Waals surface area contributed by atoms with Crippen LogP contribution in [0.15, 0.2) is 29.0 Å². The lowest BCUT2D eigenvalue weighted by molar-refractivity contribution is 0.330. The Bertz CT molecular complexity index is 812. The Hall–Kier alpha value is -2.21. The summed E-state index contributed by atoms with van der Waals surface area (Å²) in [5.41, 5.74) is 3.15.